The second-order valence-corrected chi connectivity index (χ2v) is 4.42. The maximum atomic E-state index is 12.0. The highest BCUT2D eigenvalue weighted by molar-refractivity contribution is 6.31. The molecule has 4 nitrogen and oxygen atoms in total. The number of benzene rings is 1. The molecule has 1 aromatic carbocycles. The molecule has 0 bridgehead atoms. The molecule has 0 aliphatic carbocycles. The number of furan rings is 1. The van der Waals surface area contributed by atoms with E-state index in [1.165, 1.54) is 7.11 Å². The number of carbonyl (C=O) groups is 1. The lowest BCUT2D eigenvalue weighted by atomic mass is 10.2. The van der Waals surface area contributed by atoms with Crippen molar-refractivity contribution in [2.75, 3.05) is 13.7 Å². The van der Waals surface area contributed by atoms with E-state index in [-0.39, 0.29) is 5.91 Å². The van der Waals surface area contributed by atoms with Crippen molar-refractivity contribution in [1.82, 2.24) is 5.32 Å². The summed E-state index contributed by atoms with van der Waals surface area (Å²) >= 11 is 5.89. The highest BCUT2D eigenvalue weighted by atomic mass is 35.5. The average Bonchev–Trinajstić information content (AvgIpc) is 2.91. The van der Waals surface area contributed by atoms with Crippen LogP contribution in [0.1, 0.15) is 15.9 Å². The zero-order valence-electron chi connectivity index (χ0n) is 10.5. The molecule has 5 heteroatoms. The summed E-state index contributed by atoms with van der Waals surface area (Å²) in [5.74, 6) is 0.299. The van der Waals surface area contributed by atoms with Gasteiger partial charge in [0, 0.05) is 11.6 Å². The summed E-state index contributed by atoms with van der Waals surface area (Å²) in [4.78, 5) is 12.0. The van der Waals surface area contributed by atoms with Crippen molar-refractivity contribution in [3.05, 3.63) is 52.9 Å². The lowest BCUT2D eigenvalue weighted by molar-refractivity contribution is 0.0951. The maximum Gasteiger partial charge on any atom is 0.255 e. The molecule has 0 saturated carbocycles. The summed E-state index contributed by atoms with van der Waals surface area (Å²) in [6.45, 7) is 0.522. The van der Waals surface area contributed by atoms with Gasteiger partial charge in [-0.3, -0.25) is 4.79 Å². The zero-order chi connectivity index (χ0) is 13.7. The van der Waals surface area contributed by atoms with Gasteiger partial charge < -0.3 is 14.5 Å². The van der Waals surface area contributed by atoms with E-state index in [0.717, 1.165) is 5.56 Å². The second-order valence-electron chi connectivity index (χ2n) is 3.98. The Hall–Kier alpha value is -1.94. The molecule has 100 valence electrons. The first kappa shape index (κ1) is 13.5. The van der Waals surface area contributed by atoms with E-state index in [9.17, 15) is 4.79 Å². The number of amides is 1. The normalized spacial score (nSPS) is 10.2. The van der Waals surface area contributed by atoms with Gasteiger partial charge in [0.15, 0.2) is 0 Å². The number of ether oxygens (including phenoxy) is 1. The van der Waals surface area contributed by atoms with Gasteiger partial charge in [-0.15, -0.1) is 0 Å². The Morgan fingerprint density at radius 2 is 2.26 bits per heavy atom. The molecule has 0 atom stereocenters. The van der Waals surface area contributed by atoms with Crippen LogP contribution in [0.25, 0.3) is 0 Å². The number of nitrogens with one attached hydrogen (secondary N) is 1. The molecule has 1 aromatic heterocycles. The first-order chi connectivity index (χ1) is 9.20. The number of halogens is 1. The lowest BCUT2D eigenvalue weighted by Crippen LogP contribution is -2.26. The van der Waals surface area contributed by atoms with Crippen LogP contribution in [0.2, 0.25) is 5.02 Å². The minimum absolute atomic E-state index is 0.206. The standard InChI is InChI=1S/C14H14ClNO3/c1-18-13-3-2-11(15)8-12(13)14(17)16-6-4-10-5-7-19-9-10/h2-3,5,7-9H,4,6H2,1H3,(H,16,17). The van der Waals surface area contributed by atoms with Gasteiger partial charge in [-0.1, -0.05) is 11.6 Å². The van der Waals surface area contributed by atoms with Gasteiger partial charge in [0.05, 0.1) is 25.2 Å². The summed E-state index contributed by atoms with van der Waals surface area (Å²) in [5.41, 5.74) is 1.47. The van der Waals surface area contributed by atoms with Crippen molar-refractivity contribution in [3.8, 4) is 5.75 Å². The molecule has 0 radical (unpaired) electrons. The highest BCUT2D eigenvalue weighted by Crippen LogP contribution is 2.22. The largest absolute Gasteiger partial charge is 0.496 e. The third-order valence-electron chi connectivity index (χ3n) is 2.69. The Morgan fingerprint density at radius 1 is 1.42 bits per heavy atom. The molecule has 0 unspecified atom stereocenters. The smallest absolute Gasteiger partial charge is 0.255 e. The predicted molar refractivity (Wildman–Crippen MR) is 72.7 cm³/mol. The topological polar surface area (TPSA) is 51.5 Å². The Labute approximate surface area is 116 Å². The predicted octanol–water partition coefficient (Wildman–Crippen LogP) is 2.91. The van der Waals surface area contributed by atoms with Crippen LogP contribution < -0.4 is 10.1 Å². The SMILES string of the molecule is COc1ccc(Cl)cc1C(=O)NCCc1ccoc1. The Morgan fingerprint density at radius 3 is 2.95 bits per heavy atom. The molecule has 0 fully saturated rings. The molecule has 2 rings (SSSR count). The zero-order valence-corrected chi connectivity index (χ0v) is 11.2. The van der Waals surface area contributed by atoms with Crippen LogP contribution in [0.3, 0.4) is 0 Å². The summed E-state index contributed by atoms with van der Waals surface area (Å²) in [7, 11) is 1.52. The van der Waals surface area contributed by atoms with Gasteiger partial charge in [-0.2, -0.15) is 0 Å². The molecule has 1 amide bonds. The minimum atomic E-state index is -0.206. The van der Waals surface area contributed by atoms with Crippen molar-refractivity contribution in [1.29, 1.82) is 0 Å². The average molecular weight is 280 g/mol. The number of carbonyl (C=O) groups excluding carboxylic acids is 1. The second kappa shape index (κ2) is 6.29. The maximum absolute atomic E-state index is 12.0. The van der Waals surface area contributed by atoms with Crippen LogP contribution in [0.5, 0.6) is 5.75 Å². The third-order valence-corrected chi connectivity index (χ3v) is 2.92. The van der Waals surface area contributed by atoms with E-state index in [4.69, 9.17) is 20.8 Å². The van der Waals surface area contributed by atoms with E-state index >= 15 is 0 Å². The van der Waals surface area contributed by atoms with Gasteiger partial charge >= 0.3 is 0 Å². The molecule has 0 aliphatic heterocycles. The van der Waals surface area contributed by atoms with Gasteiger partial charge in [-0.25, -0.2) is 0 Å². The van der Waals surface area contributed by atoms with Crippen molar-refractivity contribution in [3.63, 3.8) is 0 Å². The molecule has 0 saturated heterocycles. The quantitative estimate of drug-likeness (QED) is 0.915. The van der Waals surface area contributed by atoms with Gasteiger partial charge in [0.25, 0.3) is 5.91 Å². The third kappa shape index (κ3) is 3.51. The van der Waals surface area contributed by atoms with Crippen LogP contribution in [0.4, 0.5) is 0 Å². The number of rotatable bonds is 5. The summed E-state index contributed by atoms with van der Waals surface area (Å²) in [6.07, 6.45) is 3.98. The van der Waals surface area contributed by atoms with Crippen LogP contribution in [0.15, 0.2) is 41.2 Å². The molecule has 1 N–H and O–H groups in total. The molecule has 2 aromatic rings. The van der Waals surface area contributed by atoms with Crippen molar-refractivity contribution in [2.24, 2.45) is 0 Å². The first-order valence-corrected chi connectivity index (χ1v) is 6.21. The highest BCUT2D eigenvalue weighted by Gasteiger charge is 2.12. The van der Waals surface area contributed by atoms with E-state index < -0.39 is 0 Å². The molecular formula is C14H14ClNO3. The van der Waals surface area contributed by atoms with Crippen LogP contribution in [-0.4, -0.2) is 19.6 Å². The van der Waals surface area contributed by atoms with Crippen molar-refractivity contribution < 1.29 is 13.9 Å². The lowest BCUT2D eigenvalue weighted by Gasteiger charge is -2.09. The van der Waals surface area contributed by atoms with E-state index in [1.807, 2.05) is 6.07 Å². The van der Waals surface area contributed by atoms with Crippen LogP contribution in [-0.2, 0) is 6.42 Å². The van der Waals surface area contributed by atoms with Crippen molar-refractivity contribution in [2.45, 2.75) is 6.42 Å². The number of hydrogen-bond donors (Lipinski definition) is 1. The summed E-state index contributed by atoms with van der Waals surface area (Å²) in [5, 5.41) is 3.32. The molecular weight excluding hydrogens is 266 g/mol. The number of methoxy groups -OCH3 is 1. The minimum Gasteiger partial charge on any atom is -0.496 e. The van der Waals surface area contributed by atoms with Gasteiger partial charge in [0.1, 0.15) is 5.75 Å². The Balaban J connectivity index is 1.97. The van der Waals surface area contributed by atoms with E-state index in [0.29, 0.717) is 29.3 Å². The summed E-state index contributed by atoms with van der Waals surface area (Å²) < 4.78 is 10.1. The van der Waals surface area contributed by atoms with E-state index in [1.54, 1.807) is 30.7 Å². The number of hydrogen-bond acceptors (Lipinski definition) is 3. The summed E-state index contributed by atoms with van der Waals surface area (Å²) in [6, 6.07) is 6.82. The molecule has 1 heterocycles. The molecule has 19 heavy (non-hydrogen) atoms. The van der Waals surface area contributed by atoms with Crippen LogP contribution in [0, 0.1) is 0 Å². The fourth-order valence-corrected chi connectivity index (χ4v) is 1.88. The Kier molecular flexibility index (Phi) is 4.47. The molecule has 0 spiro atoms. The Bertz CT molecular complexity index is 552. The monoisotopic (exact) mass is 279 g/mol. The van der Waals surface area contributed by atoms with Gasteiger partial charge in [0.2, 0.25) is 0 Å². The first-order valence-electron chi connectivity index (χ1n) is 5.83. The van der Waals surface area contributed by atoms with Crippen LogP contribution >= 0.6 is 11.6 Å². The fraction of sp³-hybridized carbons (Fsp3) is 0.214. The van der Waals surface area contributed by atoms with Gasteiger partial charge in [-0.05, 0) is 36.2 Å². The fourth-order valence-electron chi connectivity index (χ4n) is 1.71. The van der Waals surface area contributed by atoms with E-state index in [2.05, 4.69) is 5.32 Å². The molecule has 0 aliphatic rings. The van der Waals surface area contributed by atoms with Crippen molar-refractivity contribution >= 4 is 17.5 Å².